The number of nitrogens with one attached hydrogen (secondary N) is 1. The van der Waals surface area contributed by atoms with Gasteiger partial charge in [-0.05, 0) is 41.0 Å². The molecule has 0 atom stereocenters. The second-order valence-electron chi connectivity index (χ2n) is 5.04. The summed E-state index contributed by atoms with van der Waals surface area (Å²) in [5, 5.41) is 0.967. The molecule has 3 heteroatoms. The lowest BCUT2D eigenvalue weighted by Crippen LogP contribution is -1.85. The van der Waals surface area contributed by atoms with Crippen molar-refractivity contribution in [2.45, 2.75) is 6.42 Å². The molecule has 0 spiro atoms. The molecule has 0 fully saturated rings. The number of fused-ring (bicyclic) bond motifs is 2. The van der Waals surface area contributed by atoms with Gasteiger partial charge in [0.25, 0.3) is 0 Å². The van der Waals surface area contributed by atoms with Crippen molar-refractivity contribution in [3.05, 3.63) is 53.7 Å². The Morgan fingerprint density at radius 2 is 1.95 bits per heavy atom. The topological polar surface area (TPSA) is 42.1 Å². The Bertz CT molecular complexity index is 817. The van der Waals surface area contributed by atoms with Crippen molar-refractivity contribution < 1.29 is 9.53 Å². The van der Waals surface area contributed by atoms with Gasteiger partial charge in [0.15, 0.2) is 6.29 Å². The van der Waals surface area contributed by atoms with Crippen LogP contribution in [0.1, 0.15) is 15.9 Å². The number of aromatic nitrogens is 1. The van der Waals surface area contributed by atoms with Gasteiger partial charge >= 0.3 is 0 Å². The number of H-pyrrole nitrogens is 1. The minimum atomic E-state index is 0.700. The molecule has 3 aromatic rings. The first-order valence-electron chi connectivity index (χ1n) is 6.67. The minimum absolute atomic E-state index is 0.700. The fraction of sp³-hybridized carbons (Fsp3) is 0.118. The highest BCUT2D eigenvalue weighted by molar-refractivity contribution is 5.99. The molecule has 20 heavy (non-hydrogen) atoms. The Morgan fingerprint density at radius 3 is 2.85 bits per heavy atom. The third-order valence-corrected chi connectivity index (χ3v) is 3.86. The summed E-state index contributed by atoms with van der Waals surface area (Å²) in [7, 11) is 0. The molecule has 2 heterocycles. The molecule has 0 radical (unpaired) electrons. The van der Waals surface area contributed by atoms with Crippen LogP contribution in [0.2, 0.25) is 0 Å². The molecule has 0 unspecified atom stereocenters. The van der Waals surface area contributed by atoms with Crippen molar-refractivity contribution in [1.82, 2.24) is 4.98 Å². The highest BCUT2D eigenvalue weighted by Crippen LogP contribution is 2.32. The van der Waals surface area contributed by atoms with Gasteiger partial charge in [0.2, 0.25) is 0 Å². The van der Waals surface area contributed by atoms with Crippen LogP contribution >= 0.6 is 0 Å². The van der Waals surface area contributed by atoms with Crippen molar-refractivity contribution in [1.29, 1.82) is 0 Å². The second-order valence-corrected chi connectivity index (χ2v) is 5.04. The lowest BCUT2D eigenvalue weighted by Gasteiger charge is -2.05. The van der Waals surface area contributed by atoms with Crippen molar-refractivity contribution in [3.63, 3.8) is 0 Å². The summed E-state index contributed by atoms with van der Waals surface area (Å²) in [5.74, 6) is 0.991. The quantitative estimate of drug-likeness (QED) is 0.718. The third kappa shape index (κ3) is 1.63. The average molecular weight is 263 g/mol. The van der Waals surface area contributed by atoms with E-state index in [1.165, 1.54) is 5.56 Å². The van der Waals surface area contributed by atoms with Crippen molar-refractivity contribution >= 4 is 17.2 Å². The van der Waals surface area contributed by atoms with E-state index < -0.39 is 0 Å². The van der Waals surface area contributed by atoms with Gasteiger partial charge in [-0.3, -0.25) is 4.79 Å². The summed E-state index contributed by atoms with van der Waals surface area (Å²) >= 11 is 0. The number of aromatic amines is 1. The van der Waals surface area contributed by atoms with Crippen LogP contribution < -0.4 is 4.74 Å². The molecule has 0 aliphatic carbocycles. The van der Waals surface area contributed by atoms with Gasteiger partial charge < -0.3 is 9.72 Å². The maximum atomic E-state index is 11.0. The largest absolute Gasteiger partial charge is 0.493 e. The maximum Gasteiger partial charge on any atom is 0.152 e. The summed E-state index contributed by atoms with van der Waals surface area (Å²) in [5.41, 5.74) is 5.23. The fourth-order valence-corrected chi connectivity index (χ4v) is 2.79. The van der Waals surface area contributed by atoms with Gasteiger partial charge in [0, 0.05) is 29.1 Å². The lowest BCUT2D eigenvalue weighted by molar-refractivity contribution is 0.112. The molecule has 0 bridgehead atoms. The molecule has 1 N–H and O–H groups in total. The fourth-order valence-electron chi connectivity index (χ4n) is 2.79. The first-order chi connectivity index (χ1) is 9.85. The van der Waals surface area contributed by atoms with Gasteiger partial charge in [-0.1, -0.05) is 12.1 Å². The minimum Gasteiger partial charge on any atom is -0.493 e. The Morgan fingerprint density at radius 1 is 1.10 bits per heavy atom. The highest BCUT2D eigenvalue weighted by Gasteiger charge is 2.13. The first kappa shape index (κ1) is 11.3. The van der Waals surface area contributed by atoms with E-state index in [-0.39, 0.29) is 0 Å². The standard InChI is InChI=1S/C17H13NO2/c19-10-14-9-18-16-3-1-12(8-15(14)16)11-2-4-17-13(7-11)5-6-20-17/h1-4,7-10,18H,5-6H2. The Hall–Kier alpha value is -2.55. The zero-order valence-corrected chi connectivity index (χ0v) is 10.8. The van der Waals surface area contributed by atoms with E-state index >= 15 is 0 Å². The van der Waals surface area contributed by atoms with Crippen LogP contribution in [0.25, 0.3) is 22.0 Å². The molecule has 3 nitrogen and oxygen atoms in total. The van der Waals surface area contributed by atoms with Crippen LogP contribution in [-0.4, -0.2) is 17.9 Å². The Kier molecular flexibility index (Phi) is 2.39. The van der Waals surface area contributed by atoms with E-state index in [4.69, 9.17) is 4.74 Å². The van der Waals surface area contributed by atoms with Gasteiger partial charge in [-0.25, -0.2) is 0 Å². The van der Waals surface area contributed by atoms with E-state index in [1.807, 2.05) is 12.1 Å². The molecular weight excluding hydrogens is 250 g/mol. The van der Waals surface area contributed by atoms with Crippen LogP contribution in [0, 0.1) is 0 Å². The monoisotopic (exact) mass is 263 g/mol. The number of hydrogen-bond acceptors (Lipinski definition) is 2. The van der Waals surface area contributed by atoms with Crippen LogP contribution in [0.15, 0.2) is 42.6 Å². The number of carbonyl (C=O) groups is 1. The predicted molar refractivity (Wildman–Crippen MR) is 78.3 cm³/mol. The summed E-state index contributed by atoms with van der Waals surface area (Å²) < 4.78 is 5.53. The number of rotatable bonds is 2. The van der Waals surface area contributed by atoms with Gasteiger partial charge in [-0.15, -0.1) is 0 Å². The highest BCUT2D eigenvalue weighted by atomic mass is 16.5. The Balaban J connectivity index is 1.87. The van der Waals surface area contributed by atoms with Gasteiger partial charge in [0.1, 0.15) is 5.75 Å². The average Bonchev–Trinajstić information content (AvgIpc) is 3.12. The molecular formula is C17H13NO2. The second kappa shape index (κ2) is 4.23. The van der Waals surface area contributed by atoms with Crippen molar-refractivity contribution in [2.75, 3.05) is 6.61 Å². The number of ether oxygens (including phenoxy) is 1. The molecule has 0 amide bonds. The lowest BCUT2D eigenvalue weighted by atomic mass is 10.00. The number of aldehydes is 1. The number of benzene rings is 2. The molecule has 0 saturated carbocycles. The molecule has 0 saturated heterocycles. The van der Waals surface area contributed by atoms with E-state index in [9.17, 15) is 4.79 Å². The molecule has 1 aliphatic heterocycles. The smallest absolute Gasteiger partial charge is 0.152 e. The number of hydrogen-bond donors (Lipinski definition) is 1. The molecule has 1 aliphatic rings. The van der Waals surface area contributed by atoms with Gasteiger partial charge in [0.05, 0.1) is 6.61 Å². The molecule has 98 valence electrons. The van der Waals surface area contributed by atoms with Crippen LogP contribution in [0.4, 0.5) is 0 Å². The summed E-state index contributed by atoms with van der Waals surface area (Å²) in [6.45, 7) is 0.769. The predicted octanol–water partition coefficient (Wildman–Crippen LogP) is 3.58. The van der Waals surface area contributed by atoms with Crippen LogP contribution in [0.5, 0.6) is 5.75 Å². The zero-order chi connectivity index (χ0) is 13.5. The molecule has 4 rings (SSSR count). The van der Waals surface area contributed by atoms with Crippen molar-refractivity contribution in [3.8, 4) is 16.9 Å². The third-order valence-electron chi connectivity index (χ3n) is 3.86. The molecule has 2 aromatic carbocycles. The first-order valence-corrected chi connectivity index (χ1v) is 6.67. The number of carbonyl (C=O) groups excluding carboxylic acids is 1. The van der Waals surface area contributed by atoms with Gasteiger partial charge in [-0.2, -0.15) is 0 Å². The Labute approximate surface area is 116 Å². The summed E-state index contributed by atoms with van der Waals surface area (Å²) in [6.07, 6.45) is 3.60. The summed E-state index contributed by atoms with van der Waals surface area (Å²) in [4.78, 5) is 14.2. The SMILES string of the molecule is O=Cc1c[nH]c2ccc(-c3ccc4c(c3)CCO4)cc12. The van der Waals surface area contributed by atoms with E-state index in [0.29, 0.717) is 5.56 Å². The zero-order valence-electron chi connectivity index (χ0n) is 10.8. The van der Waals surface area contributed by atoms with E-state index in [2.05, 4.69) is 29.2 Å². The summed E-state index contributed by atoms with van der Waals surface area (Å²) in [6, 6.07) is 12.4. The normalized spacial score (nSPS) is 13.2. The van der Waals surface area contributed by atoms with Crippen molar-refractivity contribution in [2.24, 2.45) is 0 Å². The van der Waals surface area contributed by atoms with Crippen LogP contribution in [0.3, 0.4) is 0 Å². The maximum absolute atomic E-state index is 11.0. The van der Waals surface area contributed by atoms with Crippen LogP contribution in [-0.2, 0) is 6.42 Å². The van der Waals surface area contributed by atoms with E-state index in [1.54, 1.807) is 6.20 Å². The molecule has 1 aromatic heterocycles. The van der Waals surface area contributed by atoms with E-state index in [0.717, 1.165) is 47.1 Å².